The Morgan fingerprint density at radius 3 is 2.49 bits per heavy atom. The van der Waals surface area contributed by atoms with Crippen molar-refractivity contribution in [2.45, 2.75) is 19.0 Å². The van der Waals surface area contributed by atoms with Crippen molar-refractivity contribution in [2.75, 3.05) is 9.80 Å². The zero-order chi connectivity index (χ0) is 29.6. The quantitative estimate of drug-likeness (QED) is 0.237. The van der Waals surface area contributed by atoms with Crippen LogP contribution in [0.25, 0.3) is 21.2 Å². The van der Waals surface area contributed by atoms with E-state index in [-0.39, 0.29) is 34.0 Å². The molecular weight excluding hydrogens is 572 g/mol. The standard InChI is InChI=1S/C33H19F2N3O4S/c1-17-6-12-23-26(14-17)43-32(36-23)38-30(40)29-27(28(39)21-15-20(35)11-13-25(21)42-29)33(38)22-4-2-3-5-24(22)37(31(33)41)16-18-7-9-19(34)10-8-18/h2-15H,16H2,1H3. The first kappa shape index (κ1) is 25.5. The molecule has 1 atom stereocenters. The maximum atomic E-state index is 15.0. The lowest BCUT2D eigenvalue weighted by Crippen LogP contribution is -2.53. The van der Waals surface area contributed by atoms with Gasteiger partial charge in [-0.25, -0.2) is 13.8 Å². The minimum atomic E-state index is -1.98. The van der Waals surface area contributed by atoms with Crippen LogP contribution in [0.4, 0.5) is 19.6 Å². The molecule has 4 aromatic carbocycles. The molecule has 0 bridgehead atoms. The molecule has 1 spiro atoms. The molecule has 0 fully saturated rings. The fraction of sp³-hybridized carbons (Fsp3) is 0.0909. The first-order valence-electron chi connectivity index (χ1n) is 13.4. The highest BCUT2D eigenvalue weighted by atomic mass is 32.1. The van der Waals surface area contributed by atoms with E-state index in [1.54, 1.807) is 36.4 Å². The number of para-hydroxylation sites is 1. The van der Waals surface area contributed by atoms with Crippen molar-refractivity contribution >= 4 is 55.2 Å². The Balaban J connectivity index is 1.45. The van der Waals surface area contributed by atoms with E-state index in [0.29, 0.717) is 22.3 Å². The van der Waals surface area contributed by atoms with Crippen LogP contribution < -0.4 is 15.2 Å². The van der Waals surface area contributed by atoms with Gasteiger partial charge in [-0.1, -0.05) is 47.7 Å². The van der Waals surface area contributed by atoms with E-state index >= 15 is 0 Å². The molecule has 0 saturated heterocycles. The lowest BCUT2D eigenvalue weighted by molar-refractivity contribution is -0.121. The molecule has 2 aromatic heterocycles. The minimum Gasteiger partial charge on any atom is -0.450 e. The van der Waals surface area contributed by atoms with Gasteiger partial charge in [0.25, 0.3) is 11.8 Å². The fourth-order valence-corrected chi connectivity index (χ4v) is 7.29. The third-order valence-corrected chi connectivity index (χ3v) is 9.07. The molecule has 8 rings (SSSR count). The van der Waals surface area contributed by atoms with E-state index in [1.165, 1.54) is 39.3 Å². The van der Waals surface area contributed by atoms with Gasteiger partial charge < -0.3 is 9.32 Å². The highest BCUT2D eigenvalue weighted by Gasteiger charge is 2.66. The first-order chi connectivity index (χ1) is 20.8. The van der Waals surface area contributed by atoms with Gasteiger partial charge in [-0.2, -0.15) is 0 Å². The maximum absolute atomic E-state index is 15.0. The molecule has 43 heavy (non-hydrogen) atoms. The van der Waals surface area contributed by atoms with Gasteiger partial charge in [-0.3, -0.25) is 19.3 Å². The van der Waals surface area contributed by atoms with Crippen LogP contribution in [0.2, 0.25) is 0 Å². The molecule has 0 N–H and O–H groups in total. The summed E-state index contributed by atoms with van der Waals surface area (Å²) in [6.45, 7) is 1.98. The monoisotopic (exact) mass is 591 g/mol. The topological polar surface area (TPSA) is 83.7 Å². The number of amides is 2. The van der Waals surface area contributed by atoms with E-state index < -0.39 is 34.4 Å². The smallest absolute Gasteiger partial charge is 0.297 e. The summed E-state index contributed by atoms with van der Waals surface area (Å²) in [5, 5.41) is 0.119. The lowest BCUT2D eigenvalue weighted by atomic mass is 9.84. The van der Waals surface area contributed by atoms with Gasteiger partial charge in [0.15, 0.2) is 16.1 Å². The van der Waals surface area contributed by atoms with Crippen molar-refractivity contribution in [3.63, 3.8) is 0 Å². The highest BCUT2D eigenvalue weighted by Crippen LogP contribution is 2.55. The summed E-state index contributed by atoms with van der Waals surface area (Å²) in [5.41, 5.74) is 0.279. The van der Waals surface area contributed by atoms with Gasteiger partial charge in [0.1, 0.15) is 17.2 Å². The van der Waals surface area contributed by atoms with E-state index in [0.717, 1.165) is 22.4 Å². The molecule has 7 nitrogen and oxygen atoms in total. The summed E-state index contributed by atoms with van der Waals surface area (Å²) in [7, 11) is 0. The Morgan fingerprint density at radius 1 is 0.907 bits per heavy atom. The number of nitrogens with zero attached hydrogens (tertiary/aromatic N) is 3. The predicted octanol–water partition coefficient (Wildman–Crippen LogP) is 6.44. The number of anilines is 2. The molecule has 0 saturated carbocycles. The number of fused-ring (bicyclic) bond motifs is 6. The van der Waals surface area contributed by atoms with Crippen molar-refractivity contribution in [1.82, 2.24) is 4.98 Å². The van der Waals surface area contributed by atoms with Crippen LogP contribution in [0.15, 0.2) is 94.1 Å². The molecule has 2 amide bonds. The van der Waals surface area contributed by atoms with Crippen LogP contribution in [-0.4, -0.2) is 16.8 Å². The average Bonchev–Trinajstić information content (AvgIpc) is 3.60. The Morgan fingerprint density at radius 2 is 1.67 bits per heavy atom. The number of benzene rings is 4. The highest BCUT2D eigenvalue weighted by molar-refractivity contribution is 7.22. The summed E-state index contributed by atoms with van der Waals surface area (Å²) in [4.78, 5) is 51.1. The fourth-order valence-electron chi connectivity index (χ4n) is 6.18. The zero-order valence-corrected chi connectivity index (χ0v) is 23.2. The third-order valence-electron chi connectivity index (χ3n) is 8.06. The SMILES string of the molecule is Cc1ccc2nc(N3C(=O)c4oc5ccc(F)cc5c(=O)c4C34C(=O)N(Cc3ccc(F)cc3)c3ccccc34)sc2c1. The molecule has 1 unspecified atom stereocenters. The van der Waals surface area contributed by atoms with E-state index in [1.807, 2.05) is 25.1 Å². The molecule has 6 aromatic rings. The third kappa shape index (κ3) is 3.44. The Bertz CT molecular complexity index is 2240. The van der Waals surface area contributed by atoms with Gasteiger partial charge in [0.05, 0.1) is 33.4 Å². The first-order valence-corrected chi connectivity index (χ1v) is 14.2. The second-order valence-electron chi connectivity index (χ2n) is 10.6. The van der Waals surface area contributed by atoms with E-state index in [9.17, 15) is 23.2 Å². The van der Waals surface area contributed by atoms with Crippen molar-refractivity contribution in [3.8, 4) is 0 Å². The number of thiazole rings is 1. The van der Waals surface area contributed by atoms with Crippen LogP contribution in [-0.2, 0) is 16.9 Å². The molecule has 2 aliphatic rings. The van der Waals surface area contributed by atoms with Crippen LogP contribution in [0.5, 0.6) is 0 Å². The van der Waals surface area contributed by atoms with Crippen molar-refractivity contribution < 1.29 is 22.8 Å². The largest absolute Gasteiger partial charge is 0.450 e. The second kappa shape index (κ2) is 8.89. The van der Waals surface area contributed by atoms with Gasteiger partial charge in [-0.05, 0) is 66.6 Å². The summed E-state index contributed by atoms with van der Waals surface area (Å²) in [6, 6.07) is 21.8. The number of hydrogen-bond donors (Lipinski definition) is 0. The van der Waals surface area contributed by atoms with Gasteiger partial charge in [0, 0.05) is 5.56 Å². The van der Waals surface area contributed by atoms with Crippen LogP contribution in [0.1, 0.15) is 32.8 Å². The van der Waals surface area contributed by atoms with Crippen molar-refractivity contribution in [3.05, 3.63) is 135 Å². The van der Waals surface area contributed by atoms with Crippen LogP contribution in [0, 0.1) is 18.6 Å². The summed E-state index contributed by atoms with van der Waals surface area (Å²) >= 11 is 1.22. The van der Waals surface area contributed by atoms with Gasteiger partial charge in [-0.15, -0.1) is 0 Å². The molecule has 4 heterocycles. The Kier molecular flexibility index (Phi) is 5.27. The number of aryl methyl sites for hydroxylation is 1. The maximum Gasteiger partial charge on any atom is 0.297 e. The minimum absolute atomic E-state index is 0.0253. The summed E-state index contributed by atoms with van der Waals surface area (Å²) in [5.74, 6) is -2.67. The van der Waals surface area contributed by atoms with E-state index in [2.05, 4.69) is 0 Å². The van der Waals surface area contributed by atoms with Crippen molar-refractivity contribution in [2.24, 2.45) is 0 Å². The Labute approximate surface area is 246 Å². The number of rotatable bonds is 3. The average molecular weight is 592 g/mol. The normalized spacial score (nSPS) is 17.5. The molecule has 0 radical (unpaired) electrons. The number of carbonyl (C=O) groups excluding carboxylic acids is 2. The predicted molar refractivity (Wildman–Crippen MR) is 158 cm³/mol. The van der Waals surface area contributed by atoms with E-state index in [4.69, 9.17) is 9.40 Å². The van der Waals surface area contributed by atoms with Gasteiger partial charge in [0.2, 0.25) is 5.76 Å². The number of carbonyl (C=O) groups is 2. The summed E-state index contributed by atoms with van der Waals surface area (Å²) in [6.07, 6.45) is 0. The number of halogens is 2. The van der Waals surface area contributed by atoms with Gasteiger partial charge >= 0.3 is 0 Å². The number of aromatic nitrogens is 1. The lowest BCUT2D eigenvalue weighted by Gasteiger charge is -2.32. The molecule has 0 aliphatic carbocycles. The number of hydrogen-bond acceptors (Lipinski definition) is 6. The zero-order valence-electron chi connectivity index (χ0n) is 22.4. The Hall–Kier alpha value is -5.22. The molecular formula is C33H19F2N3O4S. The summed E-state index contributed by atoms with van der Waals surface area (Å²) < 4.78 is 34.9. The molecule has 2 aliphatic heterocycles. The van der Waals surface area contributed by atoms with Crippen molar-refractivity contribution in [1.29, 1.82) is 0 Å². The van der Waals surface area contributed by atoms with Crippen LogP contribution in [0.3, 0.4) is 0 Å². The molecule has 210 valence electrons. The second-order valence-corrected chi connectivity index (χ2v) is 11.6. The molecule has 10 heteroatoms. The van der Waals surface area contributed by atoms with Crippen LogP contribution >= 0.6 is 11.3 Å².